The van der Waals surface area contributed by atoms with E-state index in [1.807, 2.05) is 27.7 Å². The Kier molecular flexibility index (Phi) is 6.82. The number of Topliss-reactive ketones (excluding diaryl/α,β-unsaturated/α-hetero) is 1. The fourth-order valence-corrected chi connectivity index (χ4v) is 0.713. The number of rotatable bonds is 3. The molecule has 0 fully saturated rings. The van der Waals surface area contributed by atoms with Crippen molar-refractivity contribution in [2.24, 2.45) is 17.6 Å². The SMILES string of the molecule is CC(C)C(=O)C(N)C(C)C.Cl. The average Bonchev–Trinajstić information content (AvgIpc) is 1.84. The molecular formula is C8H18ClNO. The monoisotopic (exact) mass is 179 g/mol. The van der Waals surface area contributed by atoms with Crippen LogP contribution in [-0.4, -0.2) is 11.8 Å². The van der Waals surface area contributed by atoms with Crippen LogP contribution in [-0.2, 0) is 4.79 Å². The van der Waals surface area contributed by atoms with Crippen LogP contribution < -0.4 is 5.73 Å². The summed E-state index contributed by atoms with van der Waals surface area (Å²) < 4.78 is 0. The maximum absolute atomic E-state index is 11.2. The molecule has 1 unspecified atom stereocenters. The van der Waals surface area contributed by atoms with Crippen molar-refractivity contribution >= 4 is 18.2 Å². The molecule has 0 aromatic heterocycles. The quantitative estimate of drug-likeness (QED) is 0.716. The zero-order valence-electron chi connectivity index (χ0n) is 7.63. The summed E-state index contributed by atoms with van der Waals surface area (Å²) in [5.74, 6) is 0.488. The molecule has 3 heteroatoms. The molecule has 0 heterocycles. The first-order valence-electron chi connectivity index (χ1n) is 3.76. The molecule has 0 bridgehead atoms. The molecule has 0 aliphatic carbocycles. The van der Waals surface area contributed by atoms with Crippen molar-refractivity contribution in [3.63, 3.8) is 0 Å². The Morgan fingerprint density at radius 2 is 1.55 bits per heavy atom. The molecule has 0 aliphatic rings. The van der Waals surface area contributed by atoms with Crippen molar-refractivity contribution in [3.05, 3.63) is 0 Å². The van der Waals surface area contributed by atoms with Crippen molar-refractivity contribution in [3.8, 4) is 0 Å². The molecule has 0 aliphatic heterocycles. The Balaban J connectivity index is 0. The maximum Gasteiger partial charge on any atom is 0.152 e. The number of carbonyl (C=O) groups is 1. The highest BCUT2D eigenvalue weighted by Crippen LogP contribution is 2.05. The largest absolute Gasteiger partial charge is 0.321 e. The molecular weight excluding hydrogens is 162 g/mol. The lowest BCUT2D eigenvalue weighted by Gasteiger charge is -2.15. The second-order valence-electron chi connectivity index (χ2n) is 3.33. The topological polar surface area (TPSA) is 43.1 Å². The third-order valence-corrected chi connectivity index (χ3v) is 1.62. The van der Waals surface area contributed by atoms with Gasteiger partial charge in [-0.05, 0) is 5.92 Å². The lowest BCUT2D eigenvalue weighted by Crippen LogP contribution is -2.38. The predicted octanol–water partition coefficient (Wildman–Crippen LogP) is 1.62. The first-order chi connectivity index (χ1) is 4.46. The van der Waals surface area contributed by atoms with Crippen LogP contribution in [0, 0.1) is 11.8 Å². The summed E-state index contributed by atoms with van der Waals surface area (Å²) in [6, 6.07) is -0.278. The van der Waals surface area contributed by atoms with E-state index < -0.39 is 0 Å². The molecule has 1 atom stereocenters. The van der Waals surface area contributed by atoms with Crippen LogP contribution in [0.5, 0.6) is 0 Å². The van der Waals surface area contributed by atoms with Gasteiger partial charge in [-0.15, -0.1) is 12.4 Å². The van der Waals surface area contributed by atoms with Crippen molar-refractivity contribution in [2.75, 3.05) is 0 Å². The second kappa shape index (κ2) is 5.56. The number of hydrogen-bond acceptors (Lipinski definition) is 2. The zero-order valence-corrected chi connectivity index (χ0v) is 8.44. The third-order valence-electron chi connectivity index (χ3n) is 1.62. The Bertz CT molecular complexity index is 123. The fourth-order valence-electron chi connectivity index (χ4n) is 0.713. The van der Waals surface area contributed by atoms with E-state index in [9.17, 15) is 4.79 Å². The summed E-state index contributed by atoms with van der Waals surface area (Å²) in [7, 11) is 0. The summed E-state index contributed by atoms with van der Waals surface area (Å²) >= 11 is 0. The van der Waals surface area contributed by atoms with E-state index in [0.29, 0.717) is 0 Å². The van der Waals surface area contributed by atoms with Gasteiger partial charge >= 0.3 is 0 Å². The number of halogens is 1. The first kappa shape index (κ1) is 13.5. The minimum atomic E-state index is -0.278. The Morgan fingerprint density at radius 3 is 1.64 bits per heavy atom. The maximum atomic E-state index is 11.2. The van der Waals surface area contributed by atoms with Crippen molar-refractivity contribution in [1.82, 2.24) is 0 Å². The van der Waals surface area contributed by atoms with Crippen LogP contribution in [0.3, 0.4) is 0 Å². The molecule has 68 valence electrons. The highest BCUT2D eigenvalue weighted by atomic mass is 35.5. The van der Waals surface area contributed by atoms with Gasteiger partial charge in [0.15, 0.2) is 5.78 Å². The molecule has 0 radical (unpaired) electrons. The summed E-state index contributed by atoms with van der Waals surface area (Å²) in [4.78, 5) is 11.2. The van der Waals surface area contributed by atoms with Crippen LogP contribution in [0.15, 0.2) is 0 Å². The minimum absolute atomic E-state index is 0. The number of ketones is 1. The van der Waals surface area contributed by atoms with Crippen LogP contribution >= 0.6 is 12.4 Å². The minimum Gasteiger partial charge on any atom is -0.321 e. The molecule has 0 saturated heterocycles. The molecule has 2 N–H and O–H groups in total. The van der Waals surface area contributed by atoms with Gasteiger partial charge in [-0.2, -0.15) is 0 Å². The van der Waals surface area contributed by atoms with Crippen molar-refractivity contribution in [1.29, 1.82) is 0 Å². The highest BCUT2D eigenvalue weighted by Gasteiger charge is 2.19. The van der Waals surface area contributed by atoms with Crippen LogP contribution in [0.1, 0.15) is 27.7 Å². The highest BCUT2D eigenvalue weighted by molar-refractivity contribution is 5.85. The van der Waals surface area contributed by atoms with Crippen LogP contribution in [0.25, 0.3) is 0 Å². The summed E-state index contributed by atoms with van der Waals surface area (Å²) in [6.07, 6.45) is 0. The van der Waals surface area contributed by atoms with Gasteiger partial charge in [-0.3, -0.25) is 4.79 Å². The molecule has 0 saturated carbocycles. The van der Waals surface area contributed by atoms with Gasteiger partial charge in [0.2, 0.25) is 0 Å². The van der Waals surface area contributed by atoms with Gasteiger partial charge in [0.1, 0.15) is 0 Å². The Labute approximate surface area is 74.9 Å². The first-order valence-corrected chi connectivity index (χ1v) is 3.76. The summed E-state index contributed by atoms with van der Waals surface area (Å²) in [5, 5.41) is 0. The van der Waals surface area contributed by atoms with Gasteiger partial charge in [0.25, 0.3) is 0 Å². The van der Waals surface area contributed by atoms with E-state index in [-0.39, 0.29) is 36.1 Å². The van der Waals surface area contributed by atoms with E-state index in [4.69, 9.17) is 5.73 Å². The number of nitrogens with two attached hydrogens (primary N) is 1. The van der Waals surface area contributed by atoms with Crippen LogP contribution in [0.4, 0.5) is 0 Å². The lowest BCUT2D eigenvalue weighted by atomic mass is 9.94. The molecule has 0 spiro atoms. The van der Waals surface area contributed by atoms with Gasteiger partial charge < -0.3 is 5.73 Å². The van der Waals surface area contributed by atoms with Crippen molar-refractivity contribution in [2.45, 2.75) is 33.7 Å². The molecule has 0 rings (SSSR count). The van der Waals surface area contributed by atoms with Gasteiger partial charge in [0, 0.05) is 5.92 Å². The van der Waals surface area contributed by atoms with Gasteiger partial charge in [0.05, 0.1) is 6.04 Å². The van der Waals surface area contributed by atoms with E-state index in [1.54, 1.807) is 0 Å². The second-order valence-corrected chi connectivity index (χ2v) is 3.33. The van der Waals surface area contributed by atoms with E-state index in [1.165, 1.54) is 0 Å². The molecule has 11 heavy (non-hydrogen) atoms. The van der Waals surface area contributed by atoms with Crippen LogP contribution in [0.2, 0.25) is 0 Å². The van der Waals surface area contributed by atoms with Gasteiger partial charge in [-0.25, -0.2) is 0 Å². The summed E-state index contributed by atoms with van der Waals surface area (Å²) in [6.45, 7) is 7.69. The molecule has 2 nitrogen and oxygen atoms in total. The lowest BCUT2D eigenvalue weighted by molar-refractivity contribution is -0.124. The Hall–Kier alpha value is -0.0800. The zero-order chi connectivity index (χ0) is 8.31. The summed E-state index contributed by atoms with van der Waals surface area (Å²) in [5.41, 5.74) is 5.61. The molecule has 0 amide bonds. The Morgan fingerprint density at radius 1 is 1.18 bits per heavy atom. The standard InChI is InChI=1S/C8H17NO.ClH/c1-5(2)7(9)8(10)6(3)4;/h5-7H,9H2,1-4H3;1H. The van der Waals surface area contributed by atoms with Gasteiger partial charge in [-0.1, -0.05) is 27.7 Å². The number of carbonyl (C=O) groups excluding carboxylic acids is 1. The smallest absolute Gasteiger partial charge is 0.152 e. The average molecular weight is 180 g/mol. The van der Waals surface area contributed by atoms with E-state index in [2.05, 4.69) is 0 Å². The third kappa shape index (κ3) is 4.38. The normalized spacial score (nSPS) is 13.0. The number of hydrogen-bond donors (Lipinski definition) is 1. The van der Waals surface area contributed by atoms with Crippen molar-refractivity contribution < 1.29 is 4.79 Å². The molecule has 0 aromatic carbocycles. The molecule has 0 aromatic rings. The van der Waals surface area contributed by atoms with E-state index in [0.717, 1.165) is 0 Å². The van der Waals surface area contributed by atoms with E-state index >= 15 is 0 Å². The fraction of sp³-hybridized carbons (Fsp3) is 0.875. The predicted molar refractivity (Wildman–Crippen MR) is 49.9 cm³/mol.